The minimum absolute atomic E-state index is 0.124. The van der Waals surface area contributed by atoms with Gasteiger partial charge in [-0.25, -0.2) is 5.01 Å². The zero-order valence-electron chi connectivity index (χ0n) is 22.9. The summed E-state index contributed by atoms with van der Waals surface area (Å²) in [6.45, 7) is 14.1. The molecule has 0 bridgehead atoms. The van der Waals surface area contributed by atoms with Gasteiger partial charge in [-0.05, 0) is 58.9 Å². The Morgan fingerprint density at radius 2 is 1.37 bits per heavy atom. The Hall–Kier alpha value is -4.06. The molecule has 6 nitrogen and oxygen atoms in total. The normalized spacial score (nSPS) is 15.1. The number of hydrogen-bond donors (Lipinski definition) is 0. The van der Waals surface area contributed by atoms with Crippen LogP contribution >= 0.6 is 0 Å². The zero-order valence-corrected chi connectivity index (χ0v) is 22.9. The van der Waals surface area contributed by atoms with Gasteiger partial charge in [-0.15, -0.1) is 0 Å². The second kappa shape index (κ2) is 10.4. The summed E-state index contributed by atoms with van der Waals surface area (Å²) in [7, 11) is 0. The van der Waals surface area contributed by atoms with Crippen LogP contribution in [-0.4, -0.2) is 43.3 Å². The summed E-state index contributed by atoms with van der Waals surface area (Å²) in [5.41, 5.74) is 4.63. The molecule has 0 saturated carbocycles. The first-order valence-corrected chi connectivity index (χ1v) is 13.6. The lowest BCUT2D eigenvalue weighted by molar-refractivity contribution is 0.0675. The van der Waals surface area contributed by atoms with Gasteiger partial charge in [0.1, 0.15) is 17.0 Å². The van der Waals surface area contributed by atoms with Crippen molar-refractivity contribution in [2.45, 2.75) is 40.2 Å². The van der Waals surface area contributed by atoms with Crippen LogP contribution in [0.25, 0.3) is 0 Å². The van der Waals surface area contributed by atoms with E-state index in [0.717, 1.165) is 65.7 Å². The highest BCUT2D eigenvalue weighted by atomic mass is 16.5. The number of nitrogens with zero attached hydrogens (tertiary/aromatic N) is 4. The number of benzene rings is 3. The zero-order chi connectivity index (χ0) is 26.9. The van der Waals surface area contributed by atoms with Gasteiger partial charge in [0.25, 0.3) is 5.91 Å². The number of amides is 1. The average molecular weight is 509 g/mol. The van der Waals surface area contributed by atoms with Gasteiger partial charge in [0.05, 0.1) is 0 Å². The summed E-state index contributed by atoms with van der Waals surface area (Å²) in [4.78, 5) is 18.5. The minimum Gasteiger partial charge on any atom is -0.456 e. The minimum atomic E-state index is -0.946. The van der Waals surface area contributed by atoms with Crippen LogP contribution in [0.2, 0.25) is 0 Å². The number of allylic oxidation sites excluding steroid dienone is 2. The standard InChI is InChI=1S/C32H36N4O2/c1-6-11-20-33-36-31(37)25-14-12-13-15-26(25)32(36)27-18-16-23(34(7-2)8-3)21-29(27)38-30-22-24(17-19-28(30)32)35(9-4)10-5/h6,11-22H,7-10H2,1-5H3/b11-6+,33-20+. The molecular weight excluding hydrogens is 472 g/mol. The molecule has 196 valence electrons. The molecule has 3 aromatic rings. The second-order valence-corrected chi connectivity index (χ2v) is 9.47. The summed E-state index contributed by atoms with van der Waals surface area (Å²) in [5.74, 6) is 1.37. The Morgan fingerprint density at radius 1 is 0.816 bits per heavy atom. The maximum Gasteiger partial charge on any atom is 0.275 e. The predicted molar refractivity (Wildman–Crippen MR) is 156 cm³/mol. The molecule has 1 amide bonds. The molecule has 0 saturated heterocycles. The first-order chi connectivity index (χ1) is 18.5. The van der Waals surface area contributed by atoms with E-state index in [1.165, 1.54) is 0 Å². The van der Waals surface area contributed by atoms with Crippen molar-refractivity contribution in [2.24, 2.45) is 5.10 Å². The van der Waals surface area contributed by atoms with Crippen LogP contribution in [0.5, 0.6) is 11.5 Å². The molecule has 5 rings (SSSR count). The Labute approximate surface area is 225 Å². The molecule has 0 atom stereocenters. The predicted octanol–water partition coefficient (Wildman–Crippen LogP) is 6.79. The van der Waals surface area contributed by atoms with Gasteiger partial charge in [-0.3, -0.25) is 4.79 Å². The Morgan fingerprint density at radius 3 is 1.89 bits per heavy atom. The van der Waals surface area contributed by atoms with Crippen LogP contribution in [0.4, 0.5) is 11.4 Å². The fourth-order valence-corrected chi connectivity index (χ4v) is 5.84. The molecule has 2 aliphatic heterocycles. The molecule has 1 spiro atoms. The van der Waals surface area contributed by atoms with E-state index in [9.17, 15) is 4.79 Å². The number of anilines is 2. The number of ether oxygens (including phenoxy) is 1. The molecule has 0 unspecified atom stereocenters. The van der Waals surface area contributed by atoms with Crippen LogP contribution in [0, 0.1) is 0 Å². The van der Waals surface area contributed by atoms with Gasteiger partial charge in [0.15, 0.2) is 0 Å². The third-order valence-corrected chi connectivity index (χ3v) is 7.71. The number of carbonyl (C=O) groups excluding carboxylic acids is 1. The van der Waals surface area contributed by atoms with Crippen LogP contribution < -0.4 is 14.5 Å². The summed E-state index contributed by atoms with van der Waals surface area (Å²) >= 11 is 0. The van der Waals surface area contributed by atoms with Gasteiger partial charge in [-0.2, -0.15) is 5.10 Å². The van der Waals surface area contributed by atoms with Crippen molar-refractivity contribution in [3.05, 3.63) is 95.1 Å². The average Bonchev–Trinajstić information content (AvgIpc) is 3.18. The number of rotatable bonds is 8. The molecule has 0 fully saturated rings. The molecule has 0 aliphatic carbocycles. The summed E-state index contributed by atoms with van der Waals surface area (Å²) < 4.78 is 6.69. The monoisotopic (exact) mass is 508 g/mol. The maximum atomic E-state index is 14.0. The number of carbonyl (C=O) groups is 1. The van der Waals surface area contributed by atoms with E-state index in [4.69, 9.17) is 9.84 Å². The van der Waals surface area contributed by atoms with Crippen molar-refractivity contribution in [3.8, 4) is 11.5 Å². The Bertz CT molecular complexity index is 1340. The molecule has 0 aromatic heterocycles. The van der Waals surface area contributed by atoms with Crippen molar-refractivity contribution < 1.29 is 9.53 Å². The van der Waals surface area contributed by atoms with Gasteiger partial charge < -0.3 is 14.5 Å². The van der Waals surface area contributed by atoms with Gasteiger partial charge in [0.2, 0.25) is 0 Å². The van der Waals surface area contributed by atoms with Gasteiger partial charge in [-0.1, -0.05) is 36.4 Å². The number of hydrazone groups is 1. The first-order valence-electron chi connectivity index (χ1n) is 13.6. The molecule has 6 heteroatoms. The smallest absolute Gasteiger partial charge is 0.275 e. The quantitative estimate of drug-likeness (QED) is 0.314. The Balaban J connectivity index is 1.84. The fraction of sp³-hybridized carbons (Fsp3) is 0.312. The molecule has 2 aliphatic rings. The molecule has 0 radical (unpaired) electrons. The number of fused-ring (bicyclic) bond motifs is 6. The van der Waals surface area contributed by atoms with Gasteiger partial charge in [0, 0.05) is 78.2 Å². The first kappa shape index (κ1) is 25.6. The van der Waals surface area contributed by atoms with E-state index in [-0.39, 0.29) is 5.91 Å². The van der Waals surface area contributed by atoms with Crippen molar-refractivity contribution in [1.82, 2.24) is 5.01 Å². The van der Waals surface area contributed by atoms with E-state index in [2.05, 4.69) is 73.9 Å². The lowest BCUT2D eigenvalue weighted by Gasteiger charge is -2.42. The SMILES string of the molecule is C/C=C/C=N/N1C(=O)c2ccccc2C12c1ccc(N(CC)CC)cc1Oc1cc(N(CC)CC)ccc12. The highest BCUT2D eigenvalue weighted by molar-refractivity contribution is 6.02. The summed E-state index contributed by atoms with van der Waals surface area (Å²) in [6, 6.07) is 20.6. The second-order valence-electron chi connectivity index (χ2n) is 9.47. The lowest BCUT2D eigenvalue weighted by Crippen LogP contribution is -2.44. The van der Waals surface area contributed by atoms with E-state index in [1.807, 2.05) is 43.3 Å². The van der Waals surface area contributed by atoms with Crippen molar-refractivity contribution in [1.29, 1.82) is 0 Å². The highest BCUT2D eigenvalue weighted by Gasteiger charge is 2.57. The molecular formula is C32H36N4O2. The maximum absolute atomic E-state index is 14.0. The molecule has 38 heavy (non-hydrogen) atoms. The van der Waals surface area contributed by atoms with Crippen LogP contribution in [0.15, 0.2) is 77.9 Å². The third kappa shape index (κ3) is 3.78. The topological polar surface area (TPSA) is 48.4 Å². The van der Waals surface area contributed by atoms with Gasteiger partial charge >= 0.3 is 0 Å². The number of hydrogen-bond acceptors (Lipinski definition) is 5. The highest BCUT2D eigenvalue weighted by Crippen LogP contribution is 2.58. The van der Waals surface area contributed by atoms with Crippen molar-refractivity contribution in [2.75, 3.05) is 36.0 Å². The lowest BCUT2D eigenvalue weighted by atomic mass is 9.75. The van der Waals surface area contributed by atoms with Crippen LogP contribution in [0.3, 0.4) is 0 Å². The molecule has 0 N–H and O–H groups in total. The summed E-state index contributed by atoms with van der Waals surface area (Å²) in [5, 5.41) is 6.40. The summed E-state index contributed by atoms with van der Waals surface area (Å²) in [6.07, 6.45) is 5.44. The fourth-order valence-electron chi connectivity index (χ4n) is 5.84. The van der Waals surface area contributed by atoms with E-state index in [1.54, 1.807) is 11.2 Å². The van der Waals surface area contributed by atoms with Crippen LogP contribution in [0.1, 0.15) is 61.7 Å². The van der Waals surface area contributed by atoms with E-state index >= 15 is 0 Å². The largest absolute Gasteiger partial charge is 0.456 e. The van der Waals surface area contributed by atoms with E-state index < -0.39 is 5.54 Å². The molecule has 3 aromatic carbocycles. The van der Waals surface area contributed by atoms with Crippen LogP contribution in [-0.2, 0) is 5.54 Å². The molecule has 2 heterocycles. The Kier molecular flexibility index (Phi) is 6.98. The third-order valence-electron chi connectivity index (χ3n) is 7.71. The van der Waals surface area contributed by atoms with Crippen molar-refractivity contribution in [3.63, 3.8) is 0 Å². The van der Waals surface area contributed by atoms with Crippen molar-refractivity contribution >= 4 is 23.5 Å². The van der Waals surface area contributed by atoms with E-state index in [0.29, 0.717) is 5.56 Å².